The van der Waals surface area contributed by atoms with Crippen LogP contribution in [0.3, 0.4) is 0 Å². The molecule has 0 aliphatic heterocycles. The number of amides is 1. The average Bonchev–Trinajstić information content (AvgIpc) is 3.12. The molecule has 6 nitrogen and oxygen atoms in total. The Balaban J connectivity index is 1.83. The quantitative estimate of drug-likeness (QED) is 0.791. The van der Waals surface area contributed by atoms with Crippen LogP contribution >= 0.6 is 0 Å². The van der Waals surface area contributed by atoms with Crippen molar-refractivity contribution in [2.75, 3.05) is 7.11 Å². The average molecular weight is 316 g/mol. The Morgan fingerprint density at radius 2 is 2.04 bits per heavy atom. The summed E-state index contributed by atoms with van der Waals surface area (Å²) in [6, 6.07) is 7.29. The fraction of sp³-hybridized carbons (Fsp3) is 0.412. The number of ether oxygens (including phenoxy) is 1. The predicted molar refractivity (Wildman–Crippen MR) is 85.8 cm³/mol. The number of H-pyrrole nitrogens is 1. The Bertz CT molecular complexity index is 744. The van der Waals surface area contributed by atoms with Crippen LogP contribution in [-0.4, -0.2) is 34.6 Å². The van der Waals surface area contributed by atoms with E-state index in [1.165, 1.54) is 0 Å². The monoisotopic (exact) mass is 316 g/mol. The summed E-state index contributed by atoms with van der Waals surface area (Å²) in [6.07, 6.45) is 3.26. The molecule has 0 atom stereocenters. The van der Waals surface area contributed by atoms with Crippen LogP contribution < -0.4 is 10.1 Å². The number of methoxy groups -OCH3 is 1. The molecule has 1 heterocycles. The van der Waals surface area contributed by atoms with Crippen molar-refractivity contribution in [3.8, 4) is 5.75 Å². The second kappa shape index (κ2) is 5.95. The third-order valence-corrected chi connectivity index (χ3v) is 4.50. The zero-order valence-electron chi connectivity index (χ0n) is 13.0. The first-order chi connectivity index (χ1) is 11.0. The standard InChI is InChI=1S/C17H20N2O4/c1-23-12-4-5-13-11(8-12)9-14(18-13)16(22)19-17(10-15(20)21)6-2-3-7-17/h4-5,8-9,18H,2-3,6-7,10H2,1H3,(H,19,22)(H,20,21). The number of carbonyl (C=O) groups excluding carboxylic acids is 1. The van der Waals surface area contributed by atoms with Crippen molar-refractivity contribution in [1.82, 2.24) is 10.3 Å². The molecular weight excluding hydrogens is 296 g/mol. The van der Waals surface area contributed by atoms with Crippen molar-refractivity contribution in [3.63, 3.8) is 0 Å². The summed E-state index contributed by atoms with van der Waals surface area (Å²) in [5.74, 6) is -0.418. The van der Waals surface area contributed by atoms with E-state index >= 15 is 0 Å². The molecule has 0 saturated heterocycles. The van der Waals surface area contributed by atoms with Gasteiger partial charge in [0, 0.05) is 10.9 Å². The van der Waals surface area contributed by atoms with Gasteiger partial charge in [0.25, 0.3) is 5.91 Å². The third kappa shape index (κ3) is 3.16. The normalized spacial score (nSPS) is 16.4. The van der Waals surface area contributed by atoms with Crippen LogP contribution in [0.15, 0.2) is 24.3 Å². The number of aromatic amines is 1. The van der Waals surface area contributed by atoms with Crippen molar-refractivity contribution in [2.45, 2.75) is 37.6 Å². The van der Waals surface area contributed by atoms with Crippen LogP contribution in [0.1, 0.15) is 42.6 Å². The van der Waals surface area contributed by atoms with Crippen molar-refractivity contribution < 1.29 is 19.4 Å². The fourth-order valence-electron chi connectivity index (χ4n) is 3.36. The number of carboxylic acid groups (broad SMARTS) is 1. The number of hydrogen-bond donors (Lipinski definition) is 3. The van der Waals surface area contributed by atoms with E-state index in [-0.39, 0.29) is 12.3 Å². The number of carbonyl (C=O) groups is 2. The van der Waals surface area contributed by atoms with E-state index in [0.29, 0.717) is 18.5 Å². The molecule has 1 aromatic carbocycles. The number of aromatic nitrogens is 1. The first-order valence-electron chi connectivity index (χ1n) is 7.72. The van der Waals surface area contributed by atoms with Crippen LogP contribution in [0, 0.1) is 0 Å². The van der Waals surface area contributed by atoms with E-state index in [9.17, 15) is 9.59 Å². The molecule has 3 N–H and O–H groups in total. The van der Waals surface area contributed by atoms with Gasteiger partial charge in [-0.05, 0) is 37.1 Å². The van der Waals surface area contributed by atoms with E-state index in [1.54, 1.807) is 13.2 Å². The molecule has 1 aromatic heterocycles. The lowest BCUT2D eigenvalue weighted by Crippen LogP contribution is -2.47. The second-order valence-corrected chi connectivity index (χ2v) is 6.15. The third-order valence-electron chi connectivity index (χ3n) is 4.50. The number of benzene rings is 1. The maximum absolute atomic E-state index is 12.5. The Labute approximate surface area is 133 Å². The Kier molecular flexibility index (Phi) is 3.98. The maximum Gasteiger partial charge on any atom is 0.305 e. The van der Waals surface area contributed by atoms with Gasteiger partial charge >= 0.3 is 5.97 Å². The summed E-state index contributed by atoms with van der Waals surface area (Å²) >= 11 is 0. The number of carboxylic acids is 1. The van der Waals surface area contributed by atoms with Gasteiger partial charge in [0.15, 0.2) is 0 Å². The van der Waals surface area contributed by atoms with E-state index in [2.05, 4.69) is 10.3 Å². The Morgan fingerprint density at radius 1 is 1.30 bits per heavy atom. The Hall–Kier alpha value is -2.50. The van der Waals surface area contributed by atoms with Crippen LogP contribution in [0.2, 0.25) is 0 Å². The molecule has 1 aliphatic rings. The molecule has 0 spiro atoms. The molecule has 6 heteroatoms. The molecule has 1 fully saturated rings. The molecule has 1 saturated carbocycles. The Morgan fingerprint density at radius 3 is 2.70 bits per heavy atom. The van der Waals surface area contributed by atoms with Gasteiger partial charge in [-0.2, -0.15) is 0 Å². The maximum atomic E-state index is 12.5. The van der Waals surface area contributed by atoms with Gasteiger partial charge in [-0.1, -0.05) is 12.8 Å². The lowest BCUT2D eigenvalue weighted by molar-refractivity contribution is -0.138. The highest BCUT2D eigenvalue weighted by molar-refractivity contribution is 5.98. The van der Waals surface area contributed by atoms with Crippen molar-refractivity contribution >= 4 is 22.8 Å². The lowest BCUT2D eigenvalue weighted by Gasteiger charge is -2.28. The molecular formula is C17H20N2O4. The number of nitrogens with one attached hydrogen (secondary N) is 2. The highest BCUT2D eigenvalue weighted by Gasteiger charge is 2.37. The van der Waals surface area contributed by atoms with Gasteiger partial charge in [-0.25, -0.2) is 0 Å². The number of hydrogen-bond acceptors (Lipinski definition) is 3. The molecule has 122 valence electrons. The largest absolute Gasteiger partial charge is 0.497 e. The van der Waals surface area contributed by atoms with E-state index < -0.39 is 11.5 Å². The highest BCUT2D eigenvalue weighted by Crippen LogP contribution is 2.33. The summed E-state index contributed by atoms with van der Waals surface area (Å²) in [6.45, 7) is 0. The molecule has 0 unspecified atom stereocenters. The lowest BCUT2D eigenvalue weighted by atomic mass is 9.93. The second-order valence-electron chi connectivity index (χ2n) is 6.15. The van der Waals surface area contributed by atoms with Gasteiger partial charge in [-0.15, -0.1) is 0 Å². The first kappa shape index (κ1) is 15.4. The zero-order chi connectivity index (χ0) is 16.4. The van der Waals surface area contributed by atoms with Gasteiger partial charge in [0.05, 0.1) is 19.1 Å². The zero-order valence-corrected chi connectivity index (χ0v) is 13.0. The van der Waals surface area contributed by atoms with Gasteiger partial charge in [0.1, 0.15) is 11.4 Å². The van der Waals surface area contributed by atoms with Crippen LogP contribution in [0.5, 0.6) is 5.75 Å². The molecule has 23 heavy (non-hydrogen) atoms. The van der Waals surface area contributed by atoms with E-state index in [1.807, 2.05) is 18.2 Å². The first-order valence-corrected chi connectivity index (χ1v) is 7.72. The topological polar surface area (TPSA) is 91.4 Å². The van der Waals surface area contributed by atoms with Crippen LogP contribution in [-0.2, 0) is 4.79 Å². The van der Waals surface area contributed by atoms with Crippen LogP contribution in [0.4, 0.5) is 0 Å². The van der Waals surface area contributed by atoms with Gasteiger partial charge in [-0.3, -0.25) is 9.59 Å². The van der Waals surface area contributed by atoms with Gasteiger partial charge < -0.3 is 20.1 Å². The molecule has 1 aliphatic carbocycles. The molecule has 2 aromatic rings. The molecule has 0 radical (unpaired) electrons. The molecule has 3 rings (SSSR count). The minimum absolute atomic E-state index is 0.0349. The minimum Gasteiger partial charge on any atom is -0.497 e. The van der Waals surface area contributed by atoms with Crippen molar-refractivity contribution in [3.05, 3.63) is 30.0 Å². The number of aliphatic carboxylic acids is 1. The summed E-state index contributed by atoms with van der Waals surface area (Å²) in [7, 11) is 1.59. The summed E-state index contributed by atoms with van der Waals surface area (Å²) in [4.78, 5) is 26.7. The fourth-order valence-corrected chi connectivity index (χ4v) is 3.36. The van der Waals surface area contributed by atoms with Crippen LogP contribution in [0.25, 0.3) is 10.9 Å². The summed E-state index contributed by atoms with van der Waals surface area (Å²) in [5, 5.41) is 13.0. The summed E-state index contributed by atoms with van der Waals surface area (Å²) in [5.41, 5.74) is 0.650. The number of fused-ring (bicyclic) bond motifs is 1. The smallest absolute Gasteiger partial charge is 0.305 e. The highest BCUT2D eigenvalue weighted by atomic mass is 16.5. The van der Waals surface area contributed by atoms with Crippen molar-refractivity contribution in [1.29, 1.82) is 0 Å². The number of rotatable bonds is 5. The minimum atomic E-state index is -0.881. The molecule has 0 bridgehead atoms. The predicted octanol–water partition coefficient (Wildman–Crippen LogP) is 2.69. The van der Waals surface area contributed by atoms with Gasteiger partial charge in [0.2, 0.25) is 0 Å². The molecule has 1 amide bonds. The van der Waals surface area contributed by atoms with E-state index in [0.717, 1.165) is 29.5 Å². The van der Waals surface area contributed by atoms with E-state index in [4.69, 9.17) is 9.84 Å². The van der Waals surface area contributed by atoms with Crippen molar-refractivity contribution in [2.24, 2.45) is 0 Å². The SMILES string of the molecule is COc1ccc2[nH]c(C(=O)NC3(CC(=O)O)CCCC3)cc2c1. The summed E-state index contributed by atoms with van der Waals surface area (Å²) < 4.78 is 5.18.